The summed E-state index contributed by atoms with van der Waals surface area (Å²) in [7, 11) is 0. The minimum absolute atomic E-state index is 0.291. The summed E-state index contributed by atoms with van der Waals surface area (Å²) >= 11 is 0. The van der Waals surface area contributed by atoms with Gasteiger partial charge in [0.15, 0.2) is 11.6 Å². The van der Waals surface area contributed by atoms with Gasteiger partial charge in [-0.3, -0.25) is 9.48 Å². The van der Waals surface area contributed by atoms with E-state index in [4.69, 9.17) is 0 Å². The molecule has 1 N–H and O–H groups in total. The van der Waals surface area contributed by atoms with Crippen LogP contribution in [0, 0.1) is 11.6 Å². The van der Waals surface area contributed by atoms with Crippen molar-refractivity contribution < 1.29 is 13.6 Å². The predicted octanol–water partition coefficient (Wildman–Crippen LogP) is 1.38. The fourth-order valence-corrected chi connectivity index (χ4v) is 1.57. The van der Waals surface area contributed by atoms with E-state index in [0.717, 1.165) is 6.07 Å². The second-order valence-corrected chi connectivity index (χ2v) is 3.88. The van der Waals surface area contributed by atoms with Gasteiger partial charge >= 0.3 is 0 Å². The number of aryl methyl sites for hydroxylation is 1. The Labute approximate surface area is 108 Å². The number of hydrogen-bond acceptors (Lipinski definition) is 3. The molecule has 100 valence electrons. The lowest BCUT2D eigenvalue weighted by atomic mass is 10.2. The molecule has 0 aliphatic rings. The zero-order valence-electron chi connectivity index (χ0n) is 10.0. The molecule has 0 aliphatic heterocycles. The van der Waals surface area contributed by atoms with Crippen LogP contribution in [0.5, 0.6) is 0 Å². The van der Waals surface area contributed by atoms with Crippen LogP contribution in [0.15, 0.2) is 30.6 Å². The van der Waals surface area contributed by atoms with E-state index in [2.05, 4.69) is 15.6 Å². The fraction of sp³-hybridized carbons (Fsp3) is 0.250. The monoisotopic (exact) mass is 266 g/mol. The molecule has 0 fully saturated rings. The highest BCUT2D eigenvalue weighted by Crippen LogP contribution is 2.10. The maximum Gasteiger partial charge on any atom is 0.254 e. The molecule has 2 rings (SSSR count). The van der Waals surface area contributed by atoms with Gasteiger partial charge in [-0.1, -0.05) is 11.3 Å². The largest absolute Gasteiger partial charge is 0.352 e. The molecule has 0 unspecified atom stereocenters. The molecule has 1 aromatic heterocycles. The van der Waals surface area contributed by atoms with Crippen LogP contribution in [0.25, 0.3) is 0 Å². The Kier molecular flexibility index (Phi) is 4.17. The van der Waals surface area contributed by atoms with Crippen molar-refractivity contribution in [2.75, 3.05) is 6.54 Å². The summed E-state index contributed by atoms with van der Waals surface area (Å²) < 4.78 is 27.9. The Morgan fingerprint density at radius 3 is 2.95 bits per heavy atom. The standard InChI is InChI=1S/C12H12F2N4O/c13-10-4-1-3-9(11(10)14)12(19)15-5-2-7-18-8-6-16-17-18/h1,3-4,6,8H,2,5,7H2,(H,15,19). The Balaban J connectivity index is 1.83. The number of amides is 1. The minimum atomic E-state index is -1.13. The quantitative estimate of drug-likeness (QED) is 0.832. The summed E-state index contributed by atoms with van der Waals surface area (Å²) in [5, 5.41) is 9.92. The van der Waals surface area contributed by atoms with Gasteiger partial charge in [0.05, 0.1) is 11.8 Å². The third-order valence-corrected chi connectivity index (χ3v) is 2.52. The molecule has 0 atom stereocenters. The molecular weight excluding hydrogens is 254 g/mol. The number of nitrogens with zero attached hydrogens (tertiary/aromatic N) is 3. The summed E-state index contributed by atoms with van der Waals surface area (Å²) in [5.41, 5.74) is -0.291. The average Bonchev–Trinajstić information content (AvgIpc) is 2.91. The summed E-state index contributed by atoms with van der Waals surface area (Å²) in [6.07, 6.45) is 3.88. The van der Waals surface area contributed by atoms with Gasteiger partial charge in [0.25, 0.3) is 5.91 Å². The molecular formula is C12H12F2N4O. The Morgan fingerprint density at radius 1 is 1.37 bits per heavy atom. The van der Waals surface area contributed by atoms with Gasteiger partial charge in [0.1, 0.15) is 0 Å². The summed E-state index contributed by atoms with van der Waals surface area (Å²) in [6.45, 7) is 0.931. The van der Waals surface area contributed by atoms with Crippen LogP contribution in [-0.4, -0.2) is 27.4 Å². The van der Waals surface area contributed by atoms with Crippen molar-refractivity contribution in [3.63, 3.8) is 0 Å². The van der Waals surface area contributed by atoms with Crippen molar-refractivity contribution in [1.29, 1.82) is 0 Å². The molecule has 1 heterocycles. The number of hydrogen-bond donors (Lipinski definition) is 1. The van der Waals surface area contributed by atoms with Gasteiger partial charge in [0.2, 0.25) is 0 Å². The number of carbonyl (C=O) groups is 1. The van der Waals surface area contributed by atoms with Crippen molar-refractivity contribution in [3.8, 4) is 0 Å². The van der Waals surface area contributed by atoms with E-state index in [9.17, 15) is 13.6 Å². The molecule has 1 amide bonds. The first-order chi connectivity index (χ1) is 9.18. The lowest BCUT2D eigenvalue weighted by molar-refractivity contribution is 0.0947. The highest BCUT2D eigenvalue weighted by Gasteiger charge is 2.14. The molecule has 0 spiro atoms. The molecule has 0 saturated carbocycles. The predicted molar refractivity (Wildman–Crippen MR) is 63.3 cm³/mol. The SMILES string of the molecule is O=C(NCCCn1ccnn1)c1cccc(F)c1F. The lowest BCUT2D eigenvalue weighted by Crippen LogP contribution is -2.26. The second kappa shape index (κ2) is 6.03. The van der Waals surface area contributed by atoms with E-state index in [1.165, 1.54) is 12.1 Å². The number of benzene rings is 1. The first kappa shape index (κ1) is 13.1. The summed E-state index contributed by atoms with van der Waals surface area (Å²) in [6, 6.07) is 3.50. The van der Waals surface area contributed by atoms with Crippen LogP contribution in [0.2, 0.25) is 0 Å². The highest BCUT2D eigenvalue weighted by molar-refractivity contribution is 5.94. The minimum Gasteiger partial charge on any atom is -0.352 e. The van der Waals surface area contributed by atoms with Crippen molar-refractivity contribution in [1.82, 2.24) is 20.3 Å². The molecule has 5 nitrogen and oxygen atoms in total. The zero-order valence-corrected chi connectivity index (χ0v) is 10.0. The van der Waals surface area contributed by atoms with Gasteiger partial charge in [-0.2, -0.15) is 0 Å². The fourth-order valence-electron chi connectivity index (χ4n) is 1.57. The van der Waals surface area contributed by atoms with Crippen molar-refractivity contribution in [3.05, 3.63) is 47.8 Å². The van der Waals surface area contributed by atoms with E-state index in [1.807, 2.05) is 0 Å². The molecule has 2 aromatic rings. The number of nitrogens with one attached hydrogen (secondary N) is 1. The number of aromatic nitrogens is 3. The zero-order chi connectivity index (χ0) is 13.7. The van der Waals surface area contributed by atoms with Gasteiger partial charge < -0.3 is 5.32 Å². The smallest absolute Gasteiger partial charge is 0.254 e. The number of carbonyl (C=O) groups excluding carboxylic acids is 1. The highest BCUT2D eigenvalue weighted by atomic mass is 19.2. The Hall–Kier alpha value is -2.31. The van der Waals surface area contributed by atoms with Crippen LogP contribution in [0.1, 0.15) is 16.8 Å². The first-order valence-electron chi connectivity index (χ1n) is 5.75. The van der Waals surface area contributed by atoms with Gasteiger partial charge in [-0.25, -0.2) is 8.78 Å². The van der Waals surface area contributed by atoms with Crippen LogP contribution in [-0.2, 0) is 6.54 Å². The molecule has 19 heavy (non-hydrogen) atoms. The molecule has 0 aliphatic carbocycles. The third-order valence-electron chi connectivity index (χ3n) is 2.52. The maximum atomic E-state index is 13.3. The van der Waals surface area contributed by atoms with Gasteiger partial charge in [0, 0.05) is 19.3 Å². The van der Waals surface area contributed by atoms with E-state index < -0.39 is 17.5 Å². The third kappa shape index (κ3) is 3.34. The first-order valence-corrected chi connectivity index (χ1v) is 5.75. The summed E-state index contributed by atoms with van der Waals surface area (Å²) in [4.78, 5) is 11.6. The molecule has 0 bridgehead atoms. The van der Waals surface area contributed by atoms with Crippen molar-refractivity contribution >= 4 is 5.91 Å². The Bertz CT molecular complexity index is 557. The van der Waals surface area contributed by atoms with Gasteiger partial charge in [-0.05, 0) is 18.6 Å². The normalized spacial score (nSPS) is 10.4. The van der Waals surface area contributed by atoms with E-state index in [1.54, 1.807) is 17.1 Å². The van der Waals surface area contributed by atoms with Gasteiger partial charge in [-0.15, -0.1) is 5.10 Å². The van der Waals surface area contributed by atoms with E-state index in [-0.39, 0.29) is 5.56 Å². The number of rotatable bonds is 5. The molecule has 0 saturated heterocycles. The van der Waals surface area contributed by atoms with Crippen molar-refractivity contribution in [2.24, 2.45) is 0 Å². The average molecular weight is 266 g/mol. The van der Waals surface area contributed by atoms with E-state index >= 15 is 0 Å². The lowest BCUT2D eigenvalue weighted by Gasteiger charge is -2.06. The van der Waals surface area contributed by atoms with Crippen molar-refractivity contribution in [2.45, 2.75) is 13.0 Å². The maximum absolute atomic E-state index is 13.3. The second-order valence-electron chi connectivity index (χ2n) is 3.88. The number of halogens is 2. The molecule has 7 heteroatoms. The van der Waals surface area contributed by atoms with E-state index in [0.29, 0.717) is 19.5 Å². The van der Waals surface area contributed by atoms with Crippen LogP contribution in [0.3, 0.4) is 0 Å². The topological polar surface area (TPSA) is 59.8 Å². The summed E-state index contributed by atoms with van der Waals surface area (Å²) in [5.74, 6) is -2.79. The molecule has 1 aromatic carbocycles. The molecule has 0 radical (unpaired) electrons. The van der Waals surface area contributed by atoms with Crippen LogP contribution in [0.4, 0.5) is 8.78 Å². The van der Waals surface area contributed by atoms with Crippen LogP contribution >= 0.6 is 0 Å². The Morgan fingerprint density at radius 2 is 2.21 bits per heavy atom. The van der Waals surface area contributed by atoms with Crippen LogP contribution < -0.4 is 5.32 Å².